The lowest BCUT2D eigenvalue weighted by molar-refractivity contribution is 0.0950. The molecule has 5 heteroatoms. The summed E-state index contributed by atoms with van der Waals surface area (Å²) in [6.07, 6.45) is 0. The van der Waals surface area contributed by atoms with Gasteiger partial charge in [0.25, 0.3) is 5.91 Å². The number of nitrogens with one attached hydrogen (secondary N) is 1. The fourth-order valence-electron chi connectivity index (χ4n) is 1.78. The van der Waals surface area contributed by atoms with Gasteiger partial charge < -0.3 is 11.1 Å². The van der Waals surface area contributed by atoms with Crippen LogP contribution in [0, 0.1) is 24.6 Å². The van der Waals surface area contributed by atoms with E-state index in [1.54, 1.807) is 13.0 Å². The van der Waals surface area contributed by atoms with Crippen LogP contribution in [0.5, 0.6) is 0 Å². The van der Waals surface area contributed by atoms with Gasteiger partial charge in [-0.05, 0) is 36.8 Å². The van der Waals surface area contributed by atoms with Crippen LogP contribution in [0.15, 0.2) is 30.3 Å². The normalized spacial score (nSPS) is 9.86. The Morgan fingerprint density at radius 2 is 2.19 bits per heavy atom. The number of carbonyl (C=O) groups is 1. The lowest BCUT2D eigenvalue weighted by Gasteiger charge is -2.06. The third-order valence-corrected chi connectivity index (χ3v) is 3.84. The summed E-state index contributed by atoms with van der Waals surface area (Å²) in [4.78, 5) is 13.9. The first-order valence-corrected chi connectivity index (χ1v) is 7.24. The number of rotatable bonds is 3. The van der Waals surface area contributed by atoms with Crippen molar-refractivity contribution in [1.29, 1.82) is 0 Å². The summed E-state index contributed by atoms with van der Waals surface area (Å²) >= 11 is 1.50. The van der Waals surface area contributed by atoms with Crippen LogP contribution in [-0.2, 0) is 6.54 Å². The topological polar surface area (TPSA) is 55.1 Å². The molecule has 0 spiro atoms. The average molecular weight is 302 g/mol. The second-order valence-electron chi connectivity index (χ2n) is 4.41. The van der Waals surface area contributed by atoms with Gasteiger partial charge in [0.05, 0.1) is 18.0 Å². The molecule has 108 valence electrons. The van der Waals surface area contributed by atoms with Crippen molar-refractivity contribution in [2.24, 2.45) is 5.73 Å². The second-order valence-corrected chi connectivity index (χ2v) is 5.58. The fourth-order valence-corrected chi connectivity index (χ4v) is 2.60. The van der Waals surface area contributed by atoms with Crippen LogP contribution >= 0.6 is 11.3 Å². The first-order valence-electron chi connectivity index (χ1n) is 6.42. The van der Waals surface area contributed by atoms with Gasteiger partial charge in [0.2, 0.25) is 0 Å². The number of amides is 1. The van der Waals surface area contributed by atoms with Crippen molar-refractivity contribution in [3.8, 4) is 11.8 Å². The molecular weight excluding hydrogens is 287 g/mol. The van der Waals surface area contributed by atoms with Crippen molar-refractivity contribution in [3.05, 3.63) is 57.0 Å². The van der Waals surface area contributed by atoms with Gasteiger partial charge in [0, 0.05) is 10.4 Å². The number of hydrogen-bond acceptors (Lipinski definition) is 3. The number of halogens is 1. The summed E-state index contributed by atoms with van der Waals surface area (Å²) in [5.74, 6) is 5.03. The van der Waals surface area contributed by atoms with E-state index in [9.17, 15) is 9.18 Å². The predicted molar refractivity (Wildman–Crippen MR) is 82.6 cm³/mol. The molecule has 0 radical (unpaired) electrons. The van der Waals surface area contributed by atoms with Gasteiger partial charge in [-0.1, -0.05) is 17.9 Å². The summed E-state index contributed by atoms with van der Waals surface area (Å²) < 4.78 is 13.2. The summed E-state index contributed by atoms with van der Waals surface area (Å²) in [7, 11) is 0. The third-order valence-electron chi connectivity index (χ3n) is 2.84. The highest BCUT2D eigenvalue weighted by Crippen LogP contribution is 2.16. The van der Waals surface area contributed by atoms with E-state index in [0.29, 0.717) is 18.7 Å². The maximum Gasteiger partial charge on any atom is 0.251 e. The Bertz CT molecular complexity index is 713. The Kier molecular flexibility index (Phi) is 5.09. The maximum atomic E-state index is 13.2. The van der Waals surface area contributed by atoms with Gasteiger partial charge in [-0.25, -0.2) is 4.39 Å². The second kappa shape index (κ2) is 7.02. The lowest BCUT2D eigenvalue weighted by atomic mass is 10.1. The Morgan fingerprint density at radius 3 is 2.95 bits per heavy atom. The van der Waals surface area contributed by atoms with Crippen LogP contribution in [0.3, 0.4) is 0 Å². The van der Waals surface area contributed by atoms with Gasteiger partial charge in [-0.3, -0.25) is 4.79 Å². The van der Waals surface area contributed by atoms with Crippen molar-refractivity contribution < 1.29 is 9.18 Å². The highest BCUT2D eigenvalue weighted by molar-refractivity contribution is 7.12. The van der Waals surface area contributed by atoms with Crippen LogP contribution in [0.4, 0.5) is 4.39 Å². The Morgan fingerprint density at radius 1 is 1.38 bits per heavy atom. The van der Waals surface area contributed by atoms with Crippen LogP contribution in [0.1, 0.15) is 25.7 Å². The minimum absolute atomic E-state index is 0.282. The van der Waals surface area contributed by atoms with Crippen molar-refractivity contribution in [2.75, 3.05) is 6.54 Å². The molecule has 0 saturated heterocycles. The molecule has 0 aliphatic rings. The van der Waals surface area contributed by atoms with Crippen molar-refractivity contribution in [2.45, 2.75) is 13.5 Å². The molecule has 21 heavy (non-hydrogen) atoms. The summed E-state index contributed by atoms with van der Waals surface area (Å²) in [5.41, 5.74) is 6.42. The van der Waals surface area contributed by atoms with Gasteiger partial charge in [0.15, 0.2) is 0 Å². The van der Waals surface area contributed by atoms with E-state index < -0.39 is 5.82 Å². The van der Waals surface area contributed by atoms with E-state index in [4.69, 9.17) is 5.73 Å². The summed E-state index contributed by atoms with van der Waals surface area (Å²) in [5, 5.41) is 2.78. The molecular formula is C16H15FN2OS. The zero-order valence-corrected chi connectivity index (χ0v) is 12.4. The molecule has 0 atom stereocenters. The van der Waals surface area contributed by atoms with Crippen LogP contribution in [0.2, 0.25) is 0 Å². The average Bonchev–Trinajstić information content (AvgIpc) is 2.93. The van der Waals surface area contributed by atoms with E-state index in [1.165, 1.54) is 23.5 Å². The predicted octanol–water partition coefficient (Wildman–Crippen LogP) is 2.44. The van der Waals surface area contributed by atoms with Gasteiger partial charge in [0.1, 0.15) is 5.82 Å². The summed E-state index contributed by atoms with van der Waals surface area (Å²) in [6.45, 7) is 2.49. The third kappa shape index (κ3) is 4.15. The molecule has 0 unspecified atom stereocenters. The van der Waals surface area contributed by atoms with E-state index >= 15 is 0 Å². The molecule has 1 aromatic carbocycles. The minimum Gasteiger partial charge on any atom is -0.347 e. The molecule has 2 aromatic rings. The fraction of sp³-hybridized carbons (Fsp3) is 0.188. The molecule has 1 amide bonds. The van der Waals surface area contributed by atoms with Gasteiger partial charge in [-0.2, -0.15) is 0 Å². The van der Waals surface area contributed by atoms with Crippen LogP contribution in [-0.4, -0.2) is 12.5 Å². The number of benzene rings is 1. The Balaban J connectivity index is 2.01. The highest BCUT2D eigenvalue weighted by atomic mass is 32.1. The zero-order valence-electron chi connectivity index (χ0n) is 11.6. The molecule has 1 aromatic heterocycles. The maximum absolute atomic E-state index is 13.2. The molecule has 2 rings (SSSR count). The molecule has 3 N–H and O–H groups in total. The SMILES string of the molecule is Cc1ccc(F)cc1C(=O)NCc1ccc(C#CCN)s1. The summed E-state index contributed by atoms with van der Waals surface area (Å²) in [6, 6.07) is 7.98. The highest BCUT2D eigenvalue weighted by Gasteiger charge is 2.10. The molecule has 0 fully saturated rings. The Labute approximate surface area is 127 Å². The van der Waals surface area contributed by atoms with Crippen molar-refractivity contribution in [3.63, 3.8) is 0 Å². The number of aryl methyl sites for hydroxylation is 1. The quantitative estimate of drug-likeness (QED) is 0.856. The van der Waals surface area contributed by atoms with E-state index in [-0.39, 0.29) is 5.91 Å². The van der Waals surface area contributed by atoms with Crippen LogP contribution in [0.25, 0.3) is 0 Å². The molecule has 0 bridgehead atoms. The minimum atomic E-state index is -0.416. The van der Waals surface area contributed by atoms with E-state index in [0.717, 1.165) is 15.3 Å². The number of thiophene rings is 1. The van der Waals surface area contributed by atoms with Crippen LogP contribution < -0.4 is 11.1 Å². The van der Waals surface area contributed by atoms with Crippen molar-refractivity contribution >= 4 is 17.2 Å². The standard InChI is InChI=1S/C16H15FN2OS/c1-11-4-5-12(17)9-15(11)16(20)19-10-14-7-6-13(21-14)3-2-8-18/h4-7,9H,8,10,18H2,1H3,(H,19,20). The number of carbonyl (C=O) groups excluding carboxylic acids is 1. The smallest absolute Gasteiger partial charge is 0.251 e. The number of nitrogens with two attached hydrogens (primary N) is 1. The monoisotopic (exact) mass is 302 g/mol. The van der Waals surface area contributed by atoms with Gasteiger partial charge >= 0.3 is 0 Å². The molecule has 0 saturated carbocycles. The van der Waals surface area contributed by atoms with Crippen molar-refractivity contribution in [1.82, 2.24) is 5.32 Å². The lowest BCUT2D eigenvalue weighted by Crippen LogP contribution is -2.23. The molecule has 0 aliphatic heterocycles. The molecule has 1 heterocycles. The van der Waals surface area contributed by atoms with Gasteiger partial charge in [-0.15, -0.1) is 11.3 Å². The first-order chi connectivity index (χ1) is 10.1. The van der Waals surface area contributed by atoms with E-state index in [1.807, 2.05) is 12.1 Å². The largest absolute Gasteiger partial charge is 0.347 e. The molecule has 0 aliphatic carbocycles. The first kappa shape index (κ1) is 15.2. The number of hydrogen-bond donors (Lipinski definition) is 2. The Hall–Kier alpha value is -2.16. The van der Waals surface area contributed by atoms with E-state index in [2.05, 4.69) is 17.2 Å². The molecule has 3 nitrogen and oxygen atoms in total. The zero-order chi connectivity index (χ0) is 15.2.